The van der Waals surface area contributed by atoms with Crippen LogP contribution in [-0.4, -0.2) is 71.3 Å². The Balaban J connectivity index is 2.25. The number of hydrogen-bond donors (Lipinski definition) is 3. The molecule has 37 heavy (non-hydrogen) atoms. The van der Waals surface area contributed by atoms with Gasteiger partial charge in [0.15, 0.2) is 0 Å². The third kappa shape index (κ3) is 7.11. The molecule has 0 aromatic heterocycles. The monoisotopic (exact) mass is 520 g/mol. The lowest BCUT2D eigenvalue weighted by Crippen LogP contribution is -2.59. The molecular formula is C27H44N4O6. The zero-order chi connectivity index (χ0) is 28.3. The van der Waals surface area contributed by atoms with Gasteiger partial charge >= 0.3 is 6.09 Å². The van der Waals surface area contributed by atoms with Gasteiger partial charge in [-0.1, -0.05) is 47.1 Å². The number of rotatable bonds is 11. The summed E-state index contributed by atoms with van der Waals surface area (Å²) in [5, 5.41) is 7.89. The van der Waals surface area contributed by atoms with Gasteiger partial charge in [0.1, 0.15) is 17.7 Å². The summed E-state index contributed by atoms with van der Waals surface area (Å²) in [6.45, 7) is 18.8. The first-order chi connectivity index (χ1) is 17.1. The van der Waals surface area contributed by atoms with Crippen LogP contribution in [0.3, 0.4) is 0 Å². The second kappa shape index (κ2) is 11.6. The van der Waals surface area contributed by atoms with Gasteiger partial charge in [0.2, 0.25) is 17.6 Å². The van der Waals surface area contributed by atoms with Crippen LogP contribution < -0.4 is 16.0 Å². The van der Waals surface area contributed by atoms with Crippen LogP contribution in [0.15, 0.2) is 12.7 Å². The van der Waals surface area contributed by atoms with E-state index in [9.17, 15) is 24.0 Å². The van der Waals surface area contributed by atoms with E-state index in [1.54, 1.807) is 20.8 Å². The maximum absolute atomic E-state index is 13.7. The highest BCUT2D eigenvalue weighted by atomic mass is 16.6. The number of amides is 4. The van der Waals surface area contributed by atoms with E-state index in [1.165, 1.54) is 11.0 Å². The third-order valence-electron chi connectivity index (χ3n) is 7.21. The quantitative estimate of drug-likeness (QED) is 0.282. The fourth-order valence-electron chi connectivity index (χ4n) is 5.16. The van der Waals surface area contributed by atoms with Crippen molar-refractivity contribution in [2.24, 2.45) is 23.2 Å². The average molecular weight is 521 g/mol. The third-order valence-corrected chi connectivity index (χ3v) is 7.21. The highest BCUT2D eigenvalue weighted by Gasteiger charge is 2.69. The Morgan fingerprint density at radius 3 is 2.27 bits per heavy atom. The summed E-state index contributed by atoms with van der Waals surface area (Å²) in [4.78, 5) is 66.3. The number of fused-ring (bicyclic) bond motifs is 1. The predicted molar refractivity (Wildman–Crippen MR) is 139 cm³/mol. The van der Waals surface area contributed by atoms with Crippen molar-refractivity contribution in [3.05, 3.63) is 12.7 Å². The number of Topliss-reactive ketones (excluding diaryl/α,β-unsaturated/α-hetero) is 1. The minimum atomic E-state index is -0.999. The first kappa shape index (κ1) is 30.3. The van der Waals surface area contributed by atoms with Crippen LogP contribution in [0.25, 0.3) is 0 Å². The van der Waals surface area contributed by atoms with Crippen LogP contribution in [0.2, 0.25) is 0 Å². The Morgan fingerprint density at radius 2 is 1.76 bits per heavy atom. The molecule has 2 rings (SSSR count). The SMILES string of the molecule is C=CCNC(=O)C(=O)C(CCC)NC(=O)[C@@H]1[C@@H]2[C@H](CN1C(=O)[C@@H](NC(=O)OC(C)(C)C)C(C)C)C2(C)C. The van der Waals surface area contributed by atoms with Crippen molar-refractivity contribution in [2.75, 3.05) is 13.1 Å². The second-order valence-corrected chi connectivity index (χ2v) is 12.0. The number of carbonyl (C=O) groups excluding carboxylic acids is 5. The Kier molecular flexibility index (Phi) is 9.54. The topological polar surface area (TPSA) is 134 Å². The van der Waals surface area contributed by atoms with Gasteiger partial charge in [-0.2, -0.15) is 0 Å². The summed E-state index contributed by atoms with van der Waals surface area (Å²) in [5.41, 5.74) is -0.870. The molecule has 1 unspecified atom stereocenters. The number of hydrogen-bond acceptors (Lipinski definition) is 6. The molecular weight excluding hydrogens is 476 g/mol. The Hall–Kier alpha value is -2.91. The molecule has 0 aromatic carbocycles. The van der Waals surface area contributed by atoms with Crippen LogP contribution in [0.5, 0.6) is 0 Å². The molecule has 1 saturated carbocycles. The number of nitrogens with zero attached hydrogens (tertiary/aromatic N) is 1. The molecule has 1 heterocycles. The molecule has 1 aliphatic carbocycles. The standard InChI is InChI=1S/C27H44N4O6/c1-10-12-17(21(32)23(34)28-13-11-2)29-22(33)20-18-16(27(18,8)9)14-31(20)24(35)19(15(3)4)30-25(36)37-26(5,6)7/h11,15-20H,2,10,12-14H2,1,3-9H3,(H,28,34)(H,29,33)(H,30,36)/t16-,17?,18-,19-,20-/m0/s1. The van der Waals surface area contributed by atoms with E-state index in [2.05, 4.69) is 36.4 Å². The molecule has 0 bridgehead atoms. The van der Waals surface area contributed by atoms with Crippen molar-refractivity contribution >= 4 is 29.6 Å². The number of carbonyl (C=O) groups is 5. The van der Waals surface area contributed by atoms with E-state index < -0.39 is 47.4 Å². The van der Waals surface area contributed by atoms with Crippen LogP contribution in [0.1, 0.15) is 68.2 Å². The lowest BCUT2D eigenvalue weighted by molar-refractivity contribution is -0.144. The summed E-state index contributed by atoms with van der Waals surface area (Å²) in [5.74, 6) is -2.57. The summed E-state index contributed by atoms with van der Waals surface area (Å²) < 4.78 is 5.34. The fraction of sp³-hybridized carbons (Fsp3) is 0.741. The Morgan fingerprint density at radius 1 is 1.14 bits per heavy atom. The van der Waals surface area contributed by atoms with Crippen molar-refractivity contribution in [1.29, 1.82) is 0 Å². The van der Waals surface area contributed by atoms with Crippen molar-refractivity contribution in [1.82, 2.24) is 20.9 Å². The largest absolute Gasteiger partial charge is 0.444 e. The lowest BCUT2D eigenvalue weighted by atomic mass is 9.97. The van der Waals surface area contributed by atoms with Gasteiger partial charge < -0.3 is 25.6 Å². The van der Waals surface area contributed by atoms with E-state index in [-0.39, 0.29) is 35.6 Å². The first-order valence-electron chi connectivity index (χ1n) is 13.1. The molecule has 4 amide bonds. The van der Waals surface area contributed by atoms with E-state index in [4.69, 9.17) is 4.74 Å². The number of ketones is 1. The minimum absolute atomic E-state index is 0.0854. The molecule has 0 spiro atoms. The van der Waals surface area contributed by atoms with Crippen molar-refractivity contribution < 1.29 is 28.7 Å². The molecule has 10 nitrogen and oxygen atoms in total. The van der Waals surface area contributed by atoms with Crippen LogP contribution in [0.4, 0.5) is 4.79 Å². The van der Waals surface area contributed by atoms with Crippen LogP contribution >= 0.6 is 0 Å². The molecule has 2 aliphatic rings. The molecule has 0 radical (unpaired) electrons. The van der Waals surface area contributed by atoms with Gasteiger partial charge in [-0.25, -0.2) is 4.79 Å². The van der Waals surface area contributed by atoms with Gasteiger partial charge in [0, 0.05) is 13.1 Å². The number of ether oxygens (including phenoxy) is 1. The minimum Gasteiger partial charge on any atom is -0.444 e. The number of nitrogens with one attached hydrogen (secondary N) is 3. The van der Waals surface area contributed by atoms with Gasteiger partial charge in [-0.05, 0) is 50.4 Å². The normalized spacial score (nSPS) is 23.4. The van der Waals surface area contributed by atoms with Gasteiger partial charge in [-0.3, -0.25) is 19.2 Å². The first-order valence-corrected chi connectivity index (χ1v) is 13.1. The molecule has 1 aliphatic heterocycles. The van der Waals surface area contributed by atoms with Gasteiger partial charge in [0.25, 0.3) is 5.91 Å². The summed E-state index contributed by atoms with van der Waals surface area (Å²) >= 11 is 0. The summed E-state index contributed by atoms with van der Waals surface area (Å²) in [6.07, 6.45) is 1.63. The summed E-state index contributed by atoms with van der Waals surface area (Å²) in [7, 11) is 0. The highest BCUT2D eigenvalue weighted by molar-refractivity contribution is 6.38. The van der Waals surface area contributed by atoms with E-state index in [0.717, 1.165) is 0 Å². The van der Waals surface area contributed by atoms with E-state index >= 15 is 0 Å². The second-order valence-electron chi connectivity index (χ2n) is 12.0. The number of piperidine rings is 1. The predicted octanol–water partition coefficient (Wildman–Crippen LogP) is 2.17. The number of likely N-dealkylation sites (tertiary alicyclic amines) is 1. The van der Waals surface area contributed by atoms with Crippen molar-refractivity contribution in [3.63, 3.8) is 0 Å². The Labute approximate surface area is 220 Å². The van der Waals surface area contributed by atoms with Gasteiger partial charge in [0.05, 0.1) is 6.04 Å². The van der Waals surface area contributed by atoms with E-state index in [1.807, 2.05) is 20.8 Å². The molecule has 1 saturated heterocycles. The molecule has 3 N–H and O–H groups in total. The average Bonchev–Trinajstić information content (AvgIpc) is 3.11. The van der Waals surface area contributed by atoms with Crippen LogP contribution in [0, 0.1) is 23.2 Å². The highest BCUT2D eigenvalue weighted by Crippen LogP contribution is 2.65. The number of alkyl carbamates (subject to hydrolysis) is 1. The van der Waals surface area contributed by atoms with Gasteiger partial charge in [-0.15, -0.1) is 6.58 Å². The zero-order valence-electron chi connectivity index (χ0n) is 23.5. The summed E-state index contributed by atoms with van der Waals surface area (Å²) in [6, 6.07) is -2.69. The molecule has 10 heteroatoms. The van der Waals surface area contributed by atoms with Crippen molar-refractivity contribution in [2.45, 2.75) is 92.0 Å². The van der Waals surface area contributed by atoms with Crippen LogP contribution in [-0.2, 0) is 23.9 Å². The zero-order valence-corrected chi connectivity index (χ0v) is 23.5. The maximum Gasteiger partial charge on any atom is 0.408 e. The Bertz CT molecular complexity index is 922. The smallest absolute Gasteiger partial charge is 0.408 e. The van der Waals surface area contributed by atoms with Crippen molar-refractivity contribution in [3.8, 4) is 0 Å². The molecule has 2 fully saturated rings. The molecule has 0 aromatic rings. The lowest BCUT2D eigenvalue weighted by Gasteiger charge is -2.35. The molecule has 5 atom stereocenters. The van der Waals surface area contributed by atoms with E-state index in [0.29, 0.717) is 19.4 Å². The fourth-order valence-corrected chi connectivity index (χ4v) is 5.16. The molecule has 208 valence electrons. The maximum atomic E-state index is 13.7.